The van der Waals surface area contributed by atoms with Gasteiger partial charge < -0.3 is 38.4 Å². The van der Waals surface area contributed by atoms with Crippen molar-refractivity contribution in [2.24, 2.45) is 23.7 Å². The number of benzene rings is 1. The molecule has 1 aromatic rings. The van der Waals surface area contributed by atoms with Crippen LogP contribution in [0, 0.1) is 23.7 Å². The van der Waals surface area contributed by atoms with Crippen molar-refractivity contribution in [2.45, 2.75) is 143 Å². The number of hydrogen-bond acceptors (Lipinski definition) is 9. The number of amides is 3. The van der Waals surface area contributed by atoms with Crippen LogP contribution in [0.25, 0.3) is 0 Å². The molecule has 1 saturated carbocycles. The van der Waals surface area contributed by atoms with Gasteiger partial charge in [0, 0.05) is 63.5 Å². The van der Waals surface area contributed by atoms with E-state index in [1.807, 2.05) is 50.8 Å². The summed E-state index contributed by atoms with van der Waals surface area (Å²) in [7, 11) is 0. The first-order valence-electron chi connectivity index (χ1n) is 20.9. The van der Waals surface area contributed by atoms with Crippen molar-refractivity contribution >= 4 is 35.1 Å². The summed E-state index contributed by atoms with van der Waals surface area (Å²) < 4.78 is 29.5. The average Bonchev–Trinajstić information content (AvgIpc) is 3.97. The van der Waals surface area contributed by atoms with Crippen LogP contribution in [0.5, 0.6) is 5.75 Å². The summed E-state index contributed by atoms with van der Waals surface area (Å²) in [6, 6.07) is 5.55. The maximum absolute atomic E-state index is 14.7. The number of nitrogens with zero attached hydrogens (tertiary/aromatic N) is 3. The molecule has 4 atom stereocenters. The lowest BCUT2D eigenvalue weighted by Crippen LogP contribution is -2.54. The fourth-order valence-corrected chi connectivity index (χ4v) is 8.07. The Labute approximate surface area is 328 Å². The molecule has 3 heterocycles. The van der Waals surface area contributed by atoms with Crippen molar-refractivity contribution in [3.63, 3.8) is 0 Å². The summed E-state index contributed by atoms with van der Waals surface area (Å²) in [6.07, 6.45) is 7.21. The number of rotatable bonds is 17. The van der Waals surface area contributed by atoms with Crippen LogP contribution in [-0.4, -0.2) is 98.2 Å². The van der Waals surface area contributed by atoms with Crippen LogP contribution in [0.3, 0.4) is 0 Å². The van der Waals surface area contributed by atoms with Crippen molar-refractivity contribution in [2.75, 3.05) is 55.9 Å². The molecule has 3 fully saturated rings. The second-order valence-corrected chi connectivity index (χ2v) is 17.9. The van der Waals surface area contributed by atoms with E-state index in [1.165, 1.54) is 0 Å². The third-order valence-corrected chi connectivity index (χ3v) is 10.8. The van der Waals surface area contributed by atoms with Crippen LogP contribution in [0.15, 0.2) is 18.2 Å². The van der Waals surface area contributed by atoms with Gasteiger partial charge >= 0.3 is 6.09 Å². The van der Waals surface area contributed by atoms with Gasteiger partial charge in [-0.25, -0.2) is 4.79 Å². The predicted octanol–water partition coefficient (Wildman–Crippen LogP) is 7.54. The van der Waals surface area contributed by atoms with E-state index in [9.17, 15) is 19.2 Å². The Morgan fingerprint density at radius 1 is 1.05 bits per heavy atom. The van der Waals surface area contributed by atoms with Gasteiger partial charge in [0.05, 0.1) is 18.2 Å². The number of Topliss-reactive ketones (excluding diaryl/α,β-unsaturated/α-hetero) is 1. The number of anilines is 2. The van der Waals surface area contributed by atoms with Crippen LogP contribution in [0.4, 0.5) is 16.2 Å². The quantitative estimate of drug-likeness (QED) is 0.158. The monoisotopic (exact) mass is 769 g/mol. The minimum absolute atomic E-state index is 0.0169. The number of ketones is 1. The van der Waals surface area contributed by atoms with E-state index in [4.69, 9.17) is 23.7 Å². The maximum Gasteiger partial charge on any atom is 0.410 e. The fraction of sp³-hybridized carbons (Fsp3) is 0.767. The molecular weight excluding hydrogens is 702 g/mol. The second kappa shape index (κ2) is 18.8. The summed E-state index contributed by atoms with van der Waals surface area (Å²) in [5.74, 6) is 0.157. The predicted molar refractivity (Wildman–Crippen MR) is 211 cm³/mol. The van der Waals surface area contributed by atoms with Crippen molar-refractivity contribution in [1.29, 1.82) is 0 Å². The first-order chi connectivity index (χ1) is 26.1. The molecule has 1 aromatic carbocycles. The van der Waals surface area contributed by atoms with E-state index < -0.39 is 29.1 Å². The highest BCUT2D eigenvalue weighted by atomic mass is 16.7. The Balaban J connectivity index is 1.35. The molecule has 2 saturated heterocycles. The molecule has 0 aromatic heterocycles. The molecule has 12 heteroatoms. The standard InChI is InChI=1S/C43H67N3O9/c1-9-51-28-30(23-29(2)3)13-12-14-36(47)31-24-32(27-44(26-31)41(50)55-42(4,5)6)39(48)46(33-16-17-33)34-18-19-37-35(25-34)45(40(49)43(7,8)54-37)20-22-53-38-15-10-11-21-52-38/h18-19,25,29-33,38H,9-17,20-24,26-28H2,1-8H3/t30?,31-,32+,38?/m0/s1. The molecule has 0 spiro atoms. The molecule has 3 aliphatic heterocycles. The zero-order valence-corrected chi connectivity index (χ0v) is 34.7. The molecule has 0 radical (unpaired) electrons. The minimum Gasteiger partial charge on any atom is -0.476 e. The lowest BCUT2D eigenvalue weighted by molar-refractivity contribution is -0.161. The van der Waals surface area contributed by atoms with Gasteiger partial charge in [-0.2, -0.15) is 0 Å². The van der Waals surface area contributed by atoms with Crippen LogP contribution < -0.4 is 14.5 Å². The number of likely N-dealkylation sites (tertiary alicyclic amines) is 1. The average molecular weight is 770 g/mol. The van der Waals surface area contributed by atoms with Gasteiger partial charge in [-0.05, 0) is 129 Å². The Morgan fingerprint density at radius 2 is 1.80 bits per heavy atom. The zero-order valence-electron chi connectivity index (χ0n) is 34.7. The number of piperidine rings is 1. The summed E-state index contributed by atoms with van der Waals surface area (Å²) in [5.41, 5.74) is -0.556. The molecule has 4 aliphatic rings. The van der Waals surface area contributed by atoms with Gasteiger partial charge in [0.15, 0.2) is 11.9 Å². The molecular formula is C43H67N3O9. The highest BCUT2D eigenvalue weighted by molar-refractivity contribution is 6.04. The van der Waals surface area contributed by atoms with Crippen LogP contribution in [-0.2, 0) is 33.3 Å². The molecule has 0 N–H and O–H groups in total. The zero-order chi connectivity index (χ0) is 39.9. The summed E-state index contributed by atoms with van der Waals surface area (Å²) in [5, 5.41) is 0. The van der Waals surface area contributed by atoms with Gasteiger partial charge in [0.1, 0.15) is 17.1 Å². The molecule has 5 rings (SSSR count). The third kappa shape index (κ3) is 11.9. The number of carbonyl (C=O) groups excluding carboxylic acids is 4. The van der Waals surface area contributed by atoms with Crippen LogP contribution in [0.1, 0.15) is 120 Å². The van der Waals surface area contributed by atoms with Crippen molar-refractivity contribution in [3.8, 4) is 5.75 Å². The van der Waals surface area contributed by atoms with Gasteiger partial charge in [-0.1, -0.05) is 13.8 Å². The first kappa shape index (κ1) is 42.9. The smallest absolute Gasteiger partial charge is 0.410 e. The van der Waals surface area contributed by atoms with E-state index in [-0.39, 0.29) is 43.0 Å². The fourth-order valence-electron chi connectivity index (χ4n) is 8.07. The Morgan fingerprint density at radius 3 is 2.45 bits per heavy atom. The second-order valence-electron chi connectivity index (χ2n) is 17.9. The summed E-state index contributed by atoms with van der Waals surface area (Å²) in [6.45, 7) is 18.4. The largest absolute Gasteiger partial charge is 0.476 e. The molecule has 12 nitrogen and oxygen atoms in total. The van der Waals surface area contributed by atoms with E-state index in [1.54, 1.807) is 23.6 Å². The molecule has 0 bridgehead atoms. The van der Waals surface area contributed by atoms with Crippen LogP contribution >= 0.6 is 0 Å². The number of hydrogen-bond donors (Lipinski definition) is 0. The normalized spacial score (nSPS) is 23.2. The van der Waals surface area contributed by atoms with Gasteiger partial charge in [-0.15, -0.1) is 0 Å². The highest BCUT2D eigenvalue weighted by Gasteiger charge is 2.45. The van der Waals surface area contributed by atoms with Crippen molar-refractivity contribution in [1.82, 2.24) is 4.90 Å². The molecule has 55 heavy (non-hydrogen) atoms. The Hall–Kier alpha value is -3.22. The van der Waals surface area contributed by atoms with Gasteiger partial charge in [-0.3, -0.25) is 14.4 Å². The summed E-state index contributed by atoms with van der Waals surface area (Å²) >= 11 is 0. The number of carbonyl (C=O) groups is 4. The lowest BCUT2D eigenvalue weighted by atomic mass is 9.83. The SMILES string of the molecule is CCOCC(CCCC(=O)[C@H]1C[C@@H](C(=O)N(c2ccc3c(c2)N(CCOC2CCCCO2)C(=O)C(C)(C)O3)C2CC2)CN(C(=O)OC(C)(C)C)C1)CC(C)C. The van der Waals surface area contributed by atoms with E-state index in [2.05, 4.69) is 13.8 Å². The van der Waals surface area contributed by atoms with Crippen molar-refractivity contribution in [3.05, 3.63) is 18.2 Å². The summed E-state index contributed by atoms with van der Waals surface area (Å²) in [4.78, 5) is 61.0. The third-order valence-electron chi connectivity index (χ3n) is 10.8. The van der Waals surface area contributed by atoms with E-state index in [0.717, 1.165) is 51.4 Å². The van der Waals surface area contributed by atoms with Gasteiger partial charge in [0.25, 0.3) is 5.91 Å². The van der Waals surface area contributed by atoms with Gasteiger partial charge in [0.2, 0.25) is 5.91 Å². The lowest BCUT2D eigenvalue weighted by Gasteiger charge is -2.40. The Bertz CT molecular complexity index is 1480. The maximum atomic E-state index is 14.7. The first-order valence-corrected chi connectivity index (χ1v) is 20.9. The number of fused-ring (bicyclic) bond motifs is 1. The Kier molecular flexibility index (Phi) is 14.7. The topological polar surface area (TPSA) is 124 Å². The van der Waals surface area contributed by atoms with E-state index in [0.29, 0.717) is 74.8 Å². The van der Waals surface area contributed by atoms with Crippen LogP contribution in [0.2, 0.25) is 0 Å². The number of ether oxygens (including phenoxy) is 5. The molecule has 308 valence electrons. The highest BCUT2D eigenvalue weighted by Crippen LogP contribution is 2.43. The minimum atomic E-state index is -1.07. The molecule has 2 unspecified atom stereocenters. The van der Waals surface area contributed by atoms with E-state index >= 15 is 0 Å². The molecule has 3 amide bonds. The van der Waals surface area contributed by atoms with Crippen molar-refractivity contribution < 1.29 is 42.9 Å². The molecule has 1 aliphatic carbocycles.